The molecule has 0 N–H and O–H groups in total. The lowest BCUT2D eigenvalue weighted by molar-refractivity contribution is 1.26. The van der Waals surface area contributed by atoms with Gasteiger partial charge in [-0.1, -0.05) is 50.7 Å². The predicted molar refractivity (Wildman–Crippen MR) is 51.9 cm³/mol. The van der Waals surface area contributed by atoms with Gasteiger partial charge in [0, 0.05) is 10.9 Å². The summed E-state index contributed by atoms with van der Waals surface area (Å²) < 4.78 is 0. The fourth-order valence-electron chi connectivity index (χ4n) is 0.577. The van der Waals surface area contributed by atoms with Crippen molar-refractivity contribution in [1.82, 2.24) is 4.98 Å². The molecule has 0 bridgehead atoms. The summed E-state index contributed by atoms with van der Waals surface area (Å²) in [6.07, 6.45) is 0. The number of hydrogen-bond acceptors (Lipinski definition) is 1. The lowest BCUT2D eigenvalue weighted by Crippen LogP contribution is -1.85. The molecule has 1 aromatic heterocycles. The Bertz CT molecular complexity index is 277. The number of hydrogen-bond donors (Lipinski definition) is 0. The molecule has 0 atom stereocenters. The van der Waals surface area contributed by atoms with Gasteiger partial charge in [0.05, 0.1) is 5.02 Å². The van der Waals surface area contributed by atoms with E-state index < -0.39 is 0 Å². The Morgan fingerprint density at radius 2 is 1.91 bits per heavy atom. The fraction of sp³-hybridized carbons (Fsp3) is 0.167. The van der Waals surface area contributed by atoms with Crippen LogP contribution in [0.4, 0.5) is 0 Å². The minimum absolute atomic E-state index is 0.237. The van der Waals surface area contributed by atoms with Gasteiger partial charge in [-0.15, -0.1) is 0 Å². The lowest BCUT2D eigenvalue weighted by Gasteiger charge is -2.00. The summed E-state index contributed by atoms with van der Waals surface area (Å²) in [5, 5.41) is 1.67. The summed E-state index contributed by atoms with van der Waals surface area (Å²) >= 11 is 20.2. The topological polar surface area (TPSA) is 12.9 Å². The Labute approximate surface area is 87.8 Å². The van der Waals surface area contributed by atoms with Crippen LogP contribution in [0.1, 0.15) is 5.56 Å². The summed E-state index contributed by atoms with van der Waals surface area (Å²) in [5.41, 5.74) is 0.834. The van der Waals surface area contributed by atoms with Crippen molar-refractivity contribution in [3.05, 3.63) is 27.0 Å². The van der Waals surface area contributed by atoms with Crippen LogP contribution in [-0.4, -0.2) is 4.98 Å². The second-order valence-corrected chi connectivity index (χ2v) is 3.53. The van der Waals surface area contributed by atoms with Crippen LogP contribution in [0.2, 0.25) is 15.3 Å². The molecule has 1 rings (SSSR count). The van der Waals surface area contributed by atoms with Crippen molar-refractivity contribution in [2.24, 2.45) is 0 Å². The molecule has 5 heteroatoms. The lowest BCUT2D eigenvalue weighted by atomic mass is 10.3. The maximum atomic E-state index is 5.72. The van der Waals surface area contributed by atoms with Gasteiger partial charge in [0.1, 0.15) is 10.3 Å². The number of nitrogens with zero attached hydrogens (tertiary/aromatic N) is 1. The van der Waals surface area contributed by atoms with E-state index in [4.69, 9.17) is 34.8 Å². The van der Waals surface area contributed by atoms with Crippen molar-refractivity contribution in [2.75, 3.05) is 0 Å². The van der Waals surface area contributed by atoms with Gasteiger partial charge in [0.2, 0.25) is 0 Å². The molecular weight excluding hydrogens is 272 g/mol. The normalized spacial score (nSPS) is 10.2. The summed E-state index contributed by atoms with van der Waals surface area (Å²) in [6.45, 7) is 0. The van der Waals surface area contributed by atoms with Crippen molar-refractivity contribution in [1.29, 1.82) is 0 Å². The van der Waals surface area contributed by atoms with Crippen LogP contribution in [0.15, 0.2) is 6.07 Å². The molecule has 0 spiro atoms. The van der Waals surface area contributed by atoms with Gasteiger partial charge in [-0.3, -0.25) is 0 Å². The van der Waals surface area contributed by atoms with Crippen LogP contribution >= 0.6 is 50.7 Å². The number of pyridine rings is 1. The van der Waals surface area contributed by atoms with Crippen LogP contribution in [0, 0.1) is 0 Å². The molecule has 0 saturated carbocycles. The first-order valence-electron chi connectivity index (χ1n) is 2.71. The molecule has 1 aromatic rings. The maximum absolute atomic E-state index is 5.72. The molecule has 60 valence electrons. The summed E-state index contributed by atoms with van der Waals surface area (Å²) in [6, 6.07) is 1.69. The first kappa shape index (κ1) is 9.59. The van der Waals surface area contributed by atoms with E-state index in [2.05, 4.69) is 20.9 Å². The van der Waals surface area contributed by atoms with Crippen LogP contribution in [0.5, 0.6) is 0 Å². The average molecular weight is 275 g/mol. The fourth-order valence-corrected chi connectivity index (χ4v) is 1.73. The third-order valence-electron chi connectivity index (χ3n) is 1.10. The van der Waals surface area contributed by atoms with E-state index in [1.807, 2.05) is 0 Å². The number of rotatable bonds is 1. The molecule has 0 saturated heterocycles. The van der Waals surface area contributed by atoms with Crippen molar-refractivity contribution in [2.45, 2.75) is 5.33 Å². The molecule has 0 aliphatic rings. The molecule has 0 radical (unpaired) electrons. The van der Waals surface area contributed by atoms with Gasteiger partial charge >= 0.3 is 0 Å². The molecule has 1 nitrogen and oxygen atoms in total. The van der Waals surface area contributed by atoms with Crippen LogP contribution in [0.25, 0.3) is 0 Å². The number of aromatic nitrogens is 1. The molecule has 0 aromatic carbocycles. The molecule has 11 heavy (non-hydrogen) atoms. The van der Waals surface area contributed by atoms with E-state index in [9.17, 15) is 0 Å². The Balaban J connectivity index is 3.21. The third-order valence-corrected chi connectivity index (χ3v) is 2.71. The number of alkyl halides is 1. The molecular formula is C6H3BrCl3N. The second-order valence-electron chi connectivity index (χ2n) is 1.84. The van der Waals surface area contributed by atoms with Gasteiger partial charge < -0.3 is 0 Å². The Morgan fingerprint density at radius 3 is 2.45 bits per heavy atom. The highest BCUT2D eigenvalue weighted by Crippen LogP contribution is 2.26. The third kappa shape index (κ3) is 2.22. The molecule has 0 aliphatic carbocycles. The van der Waals surface area contributed by atoms with Crippen LogP contribution < -0.4 is 0 Å². The first-order chi connectivity index (χ1) is 5.15. The highest BCUT2D eigenvalue weighted by Gasteiger charge is 2.05. The molecule has 0 unspecified atom stereocenters. The molecule has 0 amide bonds. The smallest absolute Gasteiger partial charge is 0.149 e. The highest BCUT2D eigenvalue weighted by atomic mass is 79.9. The SMILES string of the molecule is Clc1cc(CBr)c(Cl)nc1Cl. The first-order valence-corrected chi connectivity index (χ1v) is 4.97. The standard InChI is InChI=1S/C6H3BrCl3N/c7-2-3-1-4(8)6(10)11-5(3)9/h1H,2H2. The predicted octanol–water partition coefficient (Wildman–Crippen LogP) is 3.94. The van der Waals surface area contributed by atoms with Crippen molar-refractivity contribution < 1.29 is 0 Å². The zero-order chi connectivity index (χ0) is 8.43. The number of halogens is 4. The van der Waals surface area contributed by atoms with Gasteiger partial charge in [-0.2, -0.15) is 0 Å². The van der Waals surface area contributed by atoms with E-state index in [1.165, 1.54) is 0 Å². The monoisotopic (exact) mass is 273 g/mol. The van der Waals surface area contributed by atoms with Crippen LogP contribution in [0.3, 0.4) is 0 Å². The Morgan fingerprint density at radius 1 is 1.27 bits per heavy atom. The summed E-state index contributed by atoms with van der Waals surface area (Å²) in [7, 11) is 0. The van der Waals surface area contributed by atoms with Crippen molar-refractivity contribution in [3.8, 4) is 0 Å². The van der Waals surface area contributed by atoms with Gasteiger partial charge in [-0.25, -0.2) is 4.98 Å². The van der Waals surface area contributed by atoms with E-state index in [1.54, 1.807) is 6.07 Å². The Hall–Kier alpha value is 0.500. The highest BCUT2D eigenvalue weighted by molar-refractivity contribution is 9.08. The quantitative estimate of drug-likeness (QED) is 0.559. The largest absolute Gasteiger partial charge is 0.223 e. The van der Waals surface area contributed by atoms with Crippen LogP contribution in [-0.2, 0) is 5.33 Å². The van der Waals surface area contributed by atoms with Crippen molar-refractivity contribution >= 4 is 50.7 Å². The maximum Gasteiger partial charge on any atom is 0.149 e. The van der Waals surface area contributed by atoms with E-state index >= 15 is 0 Å². The molecule has 1 heterocycles. The summed E-state index contributed by atoms with van der Waals surface area (Å²) in [5.74, 6) is 0. The second kappa shape index (κ2) is 3.94. The molecule has 0 fully saturated rings. The van der Waals surface area contributed by atoms with E-state index in [0.717, 1.165) is 5.56 Å². The average Bonchev–Trinajstić information content (AvgIpc) is 1.97. The summed E-state index contributed by atoms with van der Waals surface area (Å²) in [4.78, 5) is 3.81. The van der Waals surface area contributed by atoms with Gasteiger partial charge in [-0.05, 0) is 6.07 Å². The van der Waals surface area contributed by atoms with Gasteiger partial charge in [0.25, 0.3) is 0 Å². The van der Waals surface area contributed by atoms with E-state index in [-0.39, 0.29) is 5.15 Å². The minimum atomic E-state index is 0.237. The van der Waals surface area contributed by atoms with Gasteiger partial charge in [0.15, 0.2) is 0 Å². The zero-order valence-corrected chi connectivity index (χ0v) is 9.10. The molecule has 0 aliphatic heterocycles. The zero-order valence-electron chi connectivity index (χ0n) is 5.24. The van der Waals surface area contributed by atoms with E-state index in [0.29, 0.717) is 15.5 Å². The van der Waals surface area contributed by atoms with Crippen molar-refractivity contribution in [3.63, 3.8) is 0 Å². The Kier molecular flexibility index (Phi) is 3.44. The minimum Gasteiger partial charge on any atom is -0.223 e.